The van der Waals surface area contributed by atoms with Crippen LogP contribution in [0.2, 0.25) is 0 Å². The summed E-state index contributed by atoms with van der Waals surface area (Å²) in [5.41, 5.74) is 9.16. The van der Waals surface area contributed by atoms with Crippen LogP contribution in [-0.2, 0) is 0 Å². The highest BCUT2D eigenvalue weighted by Crippen LogP contribution is 2.29. The monoisotopic (exact) mass is 374 g/mol. The van der Waals surface area contributed by atoms with E-state index in [0.29, 0.717) is 11.3 Å². The number of nitrogens with zero attached hydrogens (tertiary/aromatic N) is 5. The molecule has 0 spiro atoms. The van der Waals surface area contributed by atoms with Gasteiger partial charge in [0.15, 0.2) is 11.5 Å². The summed E-state index contributed by atoms with van der Waals surface area (Å²) in [7, 11) is 0. The highest BCUT2D eigenvalue weighted by atomic mass is 16.6. The van der Waals surface area contributed by atoms with Crippen LogP contribution in [0.5, 0.6) is 0 Å². The molecule has 2 heterocycles. The standard InChI is InChI=1S/C19H14N6O3/c1-11-5-7-12(8-6-11)15-10-21-17(20)16(22-15)19-24-23-18(28-19)13-3-2-4-14(9-13)25(26)27/h2-10H,1H3,(H2,20,21). The highest BCUT2D eigenvalue weighted by Gasteiger charge is 2.18. The molecule has 9 nitrogen and oxygen atoms in total. The smallest absolute Gasteiger partial charge is 0.270 e. The molecule has 0 amide bonds. The topological polar surface area (TPSA) is 134 Å². The second-order valence-corrected chi connectivity index (χ2v) is 6.07. The number of non-ortho nitro benzene ring substituents is 1. The van der Waals surface area contributed by atoms with Crippen molar-refractivity contribution in [1.29, 1.82) is 0 Å². The number of anilines is 1. The van der Waals surface area contributed by atoms with Crippen molar-refractivity contribution in [2.24, 2.45) is 0 Å². The number of nitrogens with two attached hydrogens (primary N) is 1. The molecule has 0 aliphatic rings. The van der Waals surface area contributed by atoms with Crippen LogP contribution in [0.25, 0.3) is 34.3 Å². The third-order valence-electron chi connectivity index (χ3n) is 4.08. The van der Waals surface area contributed by atoms with Crippen LogP contribution in [0.3, 0.4) is 0 Å². The molecule has 0 saturated carbocycles. The molecule has 0 atom stereocenters. The van der Waals surface area contributed by atoms with E-state index < -0.39 is 4.92 Å². The highest BCUT2D eigenvalue weighted by molar-refractivity contribution is 5.69. The zero-order valence-corrected chi connectivity index (χ0v) is 14.7. The Morgan fingerprint density at radius 1 is 1.04 bits per heavy atom. The molecular weight excluding hydrogens is 360 g/mol. The molecule has 4 rings (SSSR count). The fourth-order valence-electron chi connectivity index (χ4n) is 2.61. The van der Waals surface area contributed by atoms with E-state index in [1.54, 1.807) is 18.3 Å². The summed E-state index contributed by atoms with van der Waals surface area (Å²) in [6, 6.07) is 13.7. The Balaban J connectivity index is 1.72. The van der Waals surface area contributed by atoms with E-state index in [-0.39, 0.29) is 29.0 Å². The fraction of sp³-hybridized carbons (Fsp3) is 0.0526. The molecule has 0 bridgehead atoms. The van der Waals surface area contributed by atoms with E-state index in [4.69, 9.17) is 10.2 Å². The normalized spacial score (nSPS) is 10.8. The lowest BCUT2D eigenvalue weighted by molar-refractivity contribution is -0.384. The zero-order valence-electron chi connectivity index (χ0n) is 14.7. The van der Waals surface area contributed by atoms with Crippen molar-refractivity contribution >= 4 is 11.5 Å². The van der Waals surface area contributed by atoms with Crippen molar-refractivity contribution in [1.82, 2.24) is 20.2 Å². The third-order valence-corrected chi connectivity index (χ3v) is 4.08. The summed E-state index contributed by atoms with van der Waals surface area (Å²) in [6.45, 7) is 2.00. The van der Waals surface area contributed by atoms with Gasteiger partial charge in [-0.15, -0.1) is 10.2 Å². The molecule has 0 fully saturated rings. The minimum absolute atomic E-state index is 0.0714. The Kier molecular flexibility index (Phi) is 4.24. The Morgan fingerprint density at radius 3 is 2.54 bits per heavy atom. The molecular formula is C19H14N6O3. The van der Waals surface area contributed by atoms with Gasteiger partial charge in [0.2, 0.25) is 5.89 Å². The predicted molar refractivity (Wildman–Crippen MR) is 102 cm³/mol. The summed E-state index contributed by atoms with van der Waals surface area (Å²) in [5.74, 6) is 0.353. The van der Waals surface area contributed by atoms with Crippen LogP contribution in [0.4, 0.5) is 11.5 Å². The van der Waals surface area contributed by atoms with Crippen LogP contribution in [-0.4, -0.2) is 25.1 Å². The number of hydrogen-bond donors (Lipinski definition) is 1. The summed E-state index contributed by atoms with van der Waals surface area (Å²) in [4.78, 5) is 19.1. The summed E-state index contributed by atoms with van der Waals surface area (Å²) in [5, 5.41) is 18.9. The Labute approximate surface area is 159 Å². The zero-order chi connectivity index (χ0) is 19.7. The second kappa shape index (κ2) is 6.88. The van der Waals surface area contributed by atoms with E-state index in [1.165, 1.54) is 12.1 Å². The lowest BCUT2D eigenvalue weighted by atomic mass is 10.1. The number of nitrogen functional groups attached to an aromatic ring is 1. The van der Waals surface area contributed by atoms with Gasteiger partial charge in [-0.1, -0.05) is 35.9 Å². The van der Waals surface area contributed by atoms with Crippen LogP contribution >= 0.6 is 0 Å². The van der Waals surface area contributed by atoms with Crippen molar-refractivity contribution in [2.45, 2.75) is 6.92 Å². The van der Waals surface area contributed by atoms with Gasteiger partial charge >= 0.3 is 0 Å². The average molecular weight is 374 g/mol. The molecule has 0 unspecified atom stereocenters. The lowest BCUT2D eigenvalue weighted by Crippen LogP contribution is -1.99. The maximum Gasteiger partial charge on any atom is 0.270 e. The first kappa shape index (κ1) is 17.3. The van der Waals surface area contributed by atoms with Gasteiger partial charge in [0.05, 0.1) is 16.8 Å². The first-order chi connectivity index (χ1) is 13.5. The van der Waals surface area contributed by atoms with Crippen molar-refractivity contribution < 1.29 is 9.34 Å². The number of nitro groups is 1. The number of rotatable bonds is 4. The minimum Gasteiger partial charge on any atom is -0.414 e. The Bertz CT molecular complexity index is 1170. The van der Waals surface area contributed by atoms with Gasteiger partial charge in [0.25, 0.3) is 11.6 Å². The molecule has 2 N–H and O–H groups in total. The second-order valence-electron chi connectivity index (χ2n) is 6.07. The van der Waals surface area contributed by atoms with Gasteiger partial charge < -0.3 is 10.2 Å². The summed E-state index contributed by atoms with van der Waals surface area (Å²) < 4.78 is 5.65. The number of benzene rings is 2. The predicted octanol–water partition coefficient (Wildman–Crippen LogP) is 3.66. The average Bonchev–Trinajstić information content (AvgIpc) is 3.19. The molecule has 2 aromatic carbocycles. The molecule has 138 valence electrons. The Hall–Kier alpha value is -4.14. The van der Waals surface area contributed by atoms with E-state index in [0.717, 1.165) is 11.1 Å². The minimum atomic E-state index is -0.491. The van der Waals surface area contributed by atoms with Crippen molar-refractivity contribution in [3.8, 4) is 34.3 Å². The van der Waals surface area contributed by atoms with Crippen molar-refractivity contribution in [3.63, 3.8) is 0 Å². The molecule has 28 heavy (non-hydrogen) atoms. The Morgan fingerprint density at radius 2 is 1.79 bits per heavy atom. The maximum absolute atomic E-state index is 11.0. The van der Waals surface area contributed by atoms with Crippen LogP contribution < -0.4 is 5.73 Å². The van der Waals surface area contributed by atoms with Crippen LogP contribution in [0, 0.1) is 17.0 Å². The number of hydrogen-bond acceptors (Lipinski definition) is 8. The van der Waals surface area contributed by atoms with Crippen LogP contribution in [0.1, 0.15) is 5.56 Å². The van der Waals surface area contributed by atoms with E-state index in [1.807, 2.05) is 31.2 Å². The first-order valence-electron chi connectivity index (χ1n) is 8.29. The van der Waals surface area contributed by atoms with Gasteiger partial charge in [-0.2, -0.15) is 0 Å². The summed E-state index contributed by atoms with van der Waals surface area (Å²) in [6.07, 6.45) is 1.57. The summed E-state index contributed by atoms with van der Waals surface area (Å²) >= 11 is 0. The molecule has 0 saturated heterocycles. The molecule has 0 radical (unpaired) electrons. The van der Waals surface area contributed by atoms with Gasteiger partial charge in [-0.05, 0) is 13.0 Å². The maximum atomic E-state index is 11.0. The number of aryl methyl sites for hydroxylation is 1. The molecule has 9 heteroatoms. The first-order valence-corrected chi connectivity index (χ1v) is 8.29. The number of nitro benzene ring substituents is 1. The number of aromatic nitrogens is 4. The molecule has 2 aromatic heterocycles. The molecule has 4 aromatic rings. The largest absolute Gasteiger partial charge is 0.414 e. The van der Waals surface area contributed by atoms with Gasteiger partial charge in [-0.25, -0.2) is 9.97 Å². The van der Waals surface area contributed by atoms with Gasteiger partial charge in [0.1, 0.15) is 0 Å². The van der Waals surface area contributed by atoms with Crippen LogP contribution in [0.15, 0.2) is 59.1 Å². The quantitative estimate of drug-likeness (QED) is 0.422. The van der Waals surface area contributed by atoms with E-state index >= 15 is 0 Å². The third kappa shape index (κ3) is 3.28. The molecule has 0 aliphatic heterocycles. The van der Waals surface area contributed by atoms with Crippen molar-refractivity contribution in [3.05, 3.63) is 70.4 Å². The molecule has 0 aliphatic carbocycles. The SMILES string of the molecule is Cc1ccc(-c2cnc(N)c(-c3nnc(-c4cccc([N+](=O)[O-])c4)o3)n2)cc1. The fourth-order valence-corrected chi connectivity index (χ4v) is 2.61. The van der Waals surface area contributed by atoms with Gasteiger partial charge in [0, 0.05) is 23.3 Å². The van der Waals surface area contributed by atoms with E-state index in [9.17, 15) is 10.1 Å². The van der Waals surface area contributed by atoms with Gasteiger partial charge in [-0.3, -0.25) is 10.1 Å². The van der Waals surface area contributed by atoms with E-state index in [2.05, 4.69) is 20.2 Å². The lowest BCUT2D eigenvalue weighted by Gasteiger charge is -2.04. The van der Waals surface area contributed by atoms with Crippen molar-refractivity contribution in [2.75, 3.05) is 5.73 Å².